The number of carbonyl (C=O) groups excluding carboxylic acids is 1. The first-order chi connectivity index (χ1) is 12.1. The van der Waals surface area contributed by atoms with Gasteiger partial charge in [0.15, 0.2) is 0 Å². The van der Waals surface area contributed by atoms with E-state index in [9.17, 15) is 4.79 Å². The van der Waals surface area contributed by atoms with Gasteiger partial charge in [0.2, 0.25) is 5.91 Å². The van der Waals surface area contributed by atoms with E-state index < -0.39 is 0 Å². The number of rotatable bonds is 0. The smallest absolute Gasteiger partial charge is 0.234 e. The number of benzene rings is 2. The highest BCUT2D eigenvalue weighted by atomic mass is 35.5. The van der Waals surface area contributed by atoms with Gasteiger partial charge in [0.25, 0.3) is 0 Å². The summed E-state index contributed by atoms with van der Waals surface area (Å²) >= 11 is 15.3. The van der Waals surface area contributed by atoms with Gasteiger partial charge in [-0.05, 0) is 47.5 Å². The van der Waals surface area contributed by atoms with E-state index in [4.69, 9.17) is 23.2 Å². The van der Waals surface area contributed by atoms with E-state index in [1.807, 2.05) is 36.0 Å². The van der Waals surface area contributed by atoms with Gasteiger partial charge in [-0.3, -0.25) is 4.79 Å². The van der Waals surface area contributed by atoms with Gasteiger partial charge in [0.1, 0.15) is 0 Å². The van der Waals surface area contributed by atoms with Crippen LogP contribution < -0.4 is 10.6 Å². The fraction of sp³-hybridized carbons (Fsp3) is 0.278. The topological polar surface area (TPSA) is 41.1 Å². The van der Waals surface area contributed by atoms with Crippen LogP contribution in [-0.2, 0) is 16.3 Å². The number of amides is 1. The van der Waals surface area contributed by atoms with Crippen molar-refractivity contribution in [1.29, 1.82) is 0 Å². The molecule has 4 rings (SSSR count). The molecule has 2 heterocycles. The molecule has 0 fully saturated rings. The van der Waals surface area contributed by atoms with Crippen LogP contribution in [-0.4, -0.2) is 24.0 Å². The van der Waals surface area contributed by atoms with Crippen LogP contribution in [0.15, 0.2) is 36.4 Å². The van der Waals surface area contributed by atoms with Crippen molar-refractivity contribution in [1.82, 2.24) is 0 Å². The van der Waals surface area contributed by atoms with Gasteiger partial charge in [-0.1, -0.05) is 23.2 Å². The van der Waals surface area contributed by atoms with Crippen molar-refractivity contribution >= 4 is 64.0 Å². The number of halogens is 2. The fourth-order valence-corrected chi connectivity index (χ4v) is 4.60. The summed E-state index contributed by atoms with van der Waals surface area (Å²) in [7, 11) is 0. The summed E-state index contributed by atoms with van der Waals surface area (Å²) in [5.41, 5.74) is 4.55. The zero-order valence-electron chi connectivity index (χ0n) is 13.5. The Morgan fingerprint density at radius 1 is 0.840 bits per heavy atom. The van der Waals surface area contributed by atoms with Crippen LogP contribution in [0.1, 0.15) is 11.1 Å². The van der Waals surface area contributed by atoms with E-state index in [-0.39, 0.29) is 5.91 Å². The highest BCUT2D eigenvalue weighted by Gasteiger charge is 2.12. The lowest BCUT2D eigenvalue weighted by molar-refractivity contribution is -0.113. The monoisotopic (exact) mass is 412 g/mol. The highest BCUT2D eigenvalue weighted by Crippen LogP contribution is 2.28. The normalized spacial score (nSPS) is 16.0. The zero-order valence-corrected chi connectivity index (χ0v) is 16.6. The Hall–Kier alpha value is -1.01. The first kappa shape index (κ1) is 18.8. The summed E-state index contributed by atoms with van der Waals surface area (Å²) < 4.78 is 0. The van der Waals surface area contributed by atoms with Crippen molar-refractivity contribution in [2.45, 2.75) is 11.5 Å². The van der Waals surface area contributed by atoms with Gasteiger partial charge in [-0.15, -0.1) is 11.8 Å². The molecule has 2 aromatic rings. The summed E-state index contributed by atoms with van der Waals surface area (Å²) in [5, 5.41) is 7.75. The van der Waals surface area contributed by atoms with Gasteiger partial charge in [0, 0.05) is 45.2 Å². The fourth-order valence-electron chi connectivity index (χ4n) is 2.54. The minimum Gasteiger partial charge on any atom is -0.384 e. The van der Waals surface area contributed by atoms with E-state index in [0.29, 0.717) is 5.75 Å². The lowest BCUT2D eigenvalue weighted by Gasteiger charge is -2.06. The minimum atomic E-state index is 0.0612. The van der Waals surface area contributed by atoms with Gasteiger partial charge in [-0.2, -0.15) is 11.8 Å². The first-order valence-electron chi connectivity index (χ1n) is 7.88. The molecule has 0 unspecified atom stereocenters. The maximum Gasteiger partial charge on any atom is 0.234 e. The average molecular weight is 413 g/mol. The maximum absolute atomic E-state index is 11.2. The number of anilines is 2. The van der Waals surface area contributed by atoms with Gasteiger partial charge in [0.05, 0.1) is 5.75 Å². The number of carbonyl (C=O) groups is 1. The van der Waals surface area contributed by atoms with E-state index in [2.05, 4.69) is 16.7 Å². The van der Waals surface area contributed by atoms with Crippen LogP contribution in [0.25, 0.3) is 0 Å². The molecule has 0 radical (unpaired) electrons. The predicted octanol–water partition coefficient (Wildman–Crippen LogP) is 5.52. The standard InChI is InChI=1S/C9H8ClNOS.C9H10ClNS/c10-7-1-2-8-6(3-7)4-13-5-9(12)11-8;10-8-1-2-9-7(5-8)6-12-4-3-11-9/h1-3H,4-5H2,(H,11,12);1-2,5,11H,3-4,6H2. The van der Waals surface area contributed by atoms with Crippen molar-refractivity contribution in [3.05, 3.63) is 57.6 Å². The highest BCUT2D eigenvalue weighted by molar-refractivity contribution is 7.99. The number of hydrogen-bond donors (Lipinski definition) is 2. The van der Waals surface area contributed by atoms with Crippen LogP contribution in [0, 0.1) is 0 Å². The molecule has 0 spiro atoms. The summed E-state index contributed by atoms with van der Waals surface area (Å²) in [4.78, 5) is 11.2. The molecule has 2 aliphatic rings. The molecular formula is C18H18Cl2N2OS2. The number of thioether (sulfide) groups is 2. The second-order valence-electron chi connectivity index (χ2n) is 5.62. The molecule has 0 saturated carbocycles. The summed E-state index contributed by atoms with van der Waals surface area (Å²) in [5.74, 6) is 3.67. The Kier molecular flexibility index (Phi) is 6.82. The Morgan fingerprint density at radius 3 is 2.24 bits per heavy atom. The van der Waals surface area contributed by atoms with E-state index in [1.165, 1.54) is 17.0 Å². The molecule has 0 aromatic heterocycles. The minimum absolute atomic E-state index is 0.0612. The van der Waals surface area contributed by atoms with Crippen molar-refractivity contribution in [2.75, 3.05) is 28.7 Å². The largest absolute Gasteiger partial charge is 0.384 e. The van der Waals surface area contributed by atoms with Crippen molar-refractivity contribution < 1.29 is 4.79 Å². The molecule has 0 bridgehead atoms. The average Bonchev–Trinajstić information content (AvgIpc) is 2.92. The molecule has 2 N–H and O–H groups in total. The SMILES string of the molecule is Clc1ccc2c(c1)CSCCN2.O=C1CSCc2cc(Cl)ccc2N1. The lowest BCUT2D eigenvalue weighted by atomic mass is 10.2. The van der Waals surface area contributed by atoms with Crippen LogP contribution in [0.5, 0.6) is 0 Å². The summed E-state index contributed by atoms with van der Waals surface area (Å²) in [6.45, 7) is 1.05. The first-order valence-corrected chi connectivity index (χ1v) is 10.9. The quantitative estimate of drug-likeness (QED) is 0.597. The second-order valence-corrected chi connectivity index (χ2v) is 8.59. The molecule has 1 amide bonds. The Morgan fingerprint density at radius 2 is 1.48 bits per heavy atom. The van der Waals surface area contributed by atoms with Crippen LogP contribution >= 0.6 is 46.7 Å². The van der Waals surface area contributed by atoms with Crippen molar-refractivity contribution in [2.24, 2.45) is 0 Å². The van der Waals surface area contributed by atoms with E-state index in [0.717, 1.165) is 39.3 Å². The number of fused-ring (bicyclic) bond motifs is 2. The molecule has 0 saturated heterocycles. The van der Waals surface area contributed by atoms with Crippen molar-refractivity contribution in [3.63, 3.8) is 0 Å². The Bertz CT molecular complexity index is 771. The van der Waals surface area contributed by atoms with E-state index >= 15 is 0 Å². The van der Waals surface area contributed by atoms with Gasteiger partial charge >= 0.3 is 0 Å². The molecule has 25 heavy (non-hydrogen) atoms. The molecule has 3 nitrogen and oxygen atoms in total. The predicted molar refractivity (Wildman–Crippen MR) is 112 cm³/mol. The third-order valence-corrected chi connectivity index (χ3v) is 6.18. The molecule has 0 atom stereocenters. The van der Waals surface area contributed by atoms with E-state index in [1.54, 1.807) is 17.8 Å². The second kappa shape index (κ2) is 9.08. The molecule has 7 heteroatoms. The van der Waals surface area contributed by atoms with Crippen LogP contribution in [0.3, 0.4) is 0 Å². The third kappa shape index (κ3) is 5.48. The molecule has 132 valence electrons. The zero-order chi connectivity index (χ0) is 17.6. The molecular weight excluding hydrogens is 395 g/mol. The lowest BCUT2D eigenvalue weighted by Crippen LogP contribution is -2.12. The maximum atomic E-state index is 11.2. The number of hydrogen-bond acceptors (Lipinski definition) is 4. The molecule has 0 aliphatic carbocycles. The Labute approximate surface area is 166 Å². The van der Waals surface area contributed by atoms with Crippen molar-refractivity contribution in [3.8, 4) is 0 Å². The Balaban J connectivity index is 0.000000146. The van der Waals surface area contributed by atoms with Gasteiger partial charge in [-0.25, -0.2) is 0 Å². The number of nitrogens with one attached hydrogen (secondary N) is 2. The summed E-state index contributed by atoms with van der Waals surface area (Å²) in [6, 6.07) is 11.6. The summed E-state index contributed by atoms with van der Waals surface area (Å²) in [6.07, 6.45) is 0. The van der Waals surface area contributed by atoms with Crippen LogP contribution in [0.2, 0.25) is 10.0 Å². The van der Waals surface area contributed by atoms with Gasteiger partial charge < -0.3 is 10.6 Å². The molecule has 2 aromatic carbocycles. The third-order valence-electron chi connectivity index (χ3n) is 3.72. The molecule has 2 aliphatic heterocycles. The van der Waals surface area contributed by atoms with Crippen LogP contribution in [0.4, 0.5) is 11.4 Å².